The van der Waals surface area contributed by atoms with E-state index in [0.717, 1.165) is 17.5 Å². The summed E-state index contributed by atoms with van der Waals surface area (Å²) in [6, 6.07) is 8.28. The number of aliphatic carboxylic acids is 1. The molecule has 0 aliphatic carbocycles. The first kappa shape index (κ1) is 14.1. The summed E-state index contributed by atoms with van der Waals surface area (Å²) in [6.07, 6.45) is 0.875. The zero-order chi connectivity index (χ0) is 15.0. The third-order valence-electron chi connectivity index (χ3n) is 4.09. The van der Waals surface area contributed by atoms with Crippen LogP contribution in [0.25, 0.3) is 0 Å². The zero-order valence-corrected chi connectivity index (χ0v) is 12.5. The van der Waals surface area contributed by atoms with Crippen molar-refractivity contribution in [3.05, 3.63) is 51.7 Å². The number of carboxylic acid groups (broad SMARTS) is 1. The zero-order valence-electron chi connectivity index (χ0n) is 11.7. The lowest BCUT2D eigenvalue weighted by Crippen LogP contribution is -2.40. The van der Waals surface area contributed by atoms with Crippen LogP contribution in [-0.4, -0.2) is 27.6 Å². The van der Waals surface area contributed by atoms with Crippen LogP contribution in [0, 0.1) is 0 Å². The molecule has 4 nitrogen and oxygen atoms in total. The van der Waals surface area contributed by atoms with Gasteiger partial charge < -0.3 is 10.2 Å². The summed E-state index contributed by atoms with van der Waals surface area (Å²) in [5.74, 6) is -0.610. The minimum Gasteiger partial charge on any atom is -0.508 e. The molecular weight excluding hydrogens is 286 g/mol. The van der Waals surface area contributed by atoms with Gasteiger partial charge in [0, 0.05) is 17.5 Å². The number of carbonyl (C=O) groups is 1. The van der Waals surface area contributed by atoms with E-state index in [0.29, 0.717) is 6.54 Å². The number of fused-ring (bicyclic) bond motifs is 1. The predicted octanol–water partition coefficient (Wildman–Crippen LogP) is 3.20. The average molecular weight is 303 g/mol. The first-order chi connectivity index (χ1) is 10.1. The molecule has 3 rings (SSSR count). The Morgan fingerprint density at radius 3 is 2.95 bits per heavy atom. The molecule has 1 aromatic carbocycles. The van der Waals surface area contributed by atoms with Gasteiger partial charge in [0.15, 0.2) is 0 Å². The molecule has 2 unspecified atom stereocenters. The second-order valence-corrected chi connectivity index (χ2v) is 6.30. The molecule has 2 aromatic rings. The third-order valence-corrected chi connectivity index (χ3v) is 5.08. The molecule has 21 heavy (non-hydrogen) atoms. The van der Waals surface area contributed by atoms with Gasteiger partial charge in [-0.05, 0) is 48.1 Å². The highest BCUT2D eigenvalue weighted by molar-refractivity contribution is 7.10. The maximum Gasteiger partial charge on any atom is 0.325 e. The number of phenolic OH excluding ortho intramolecular Hbond substituents is 1. The second-order valence-electron chi connectivity index (χ2n) is 5.30. The quantitative estimate of drug-likeness (QED) is 0.914. The normalized spacial score (nSPS) is 20.0. The van der Waals surface area contributed by atoms with Crippen LogP contribution in [0.2, 0.25) is 0 Å². The summed E-state index contributed by atoms with van der Waals surface area (Å²) in [7, 11) is 0. The van der Waals surface area contributed by atoms with E-state index < -0.39 is 12.0 Å². The van der Waals surface area contributed by atoms with Gasteiger partial charge >= 0.3 is 5.97 Å². The Labute approximate surface area is 127 Å². The molecule has 0 saturated carbocycles. The van der Waals surface area contributed by atoms with Crippen molar-refractivity contribution in [3.8, 4) is 5.75 Å². The van der Waals surface area contributed by atoms with Crippen molar-refractivity contribution in [1.82, 2.24) is 4.90 Å². The fourth-order valence-electron chi connectivity index (χ4n) is 3.00. The SMILES string of the molecule is CC(c1cccc(O)c1)N1CCc2sccc2C1C(=O)O. The number of hydrogen-bond acceptors (Lipinski definition) is 4. The smallest absolute Gasteiger partial charge is 0.325 e. The van der Waals surface area contributed by atoms with Gasteiger partial charge in [0.2, 0.25) is 0 Å². The molecule has 2 N–H and O–H groups in total. The Bertz CT molecular complexity index is 667. The number of benzene rings is 1. The van der Waals surface area contributed by atoms with Crippen molar-refractivity contribution >= 4 is 17.3 Å². The number of rotatable bonds is 3. The van der Waals surface area contributed by atoms with Crippen molar-refractivity contribution in [3.63, 3.8) is 0 Å². The maximum atomic E-state index is 11.7. The first-order valence-electron chi connectivity index (χ1n) is 6.91. The average Bonchev–Trinajstić information content (AvgIpc) is 2.93. The molecule has 1 aliphatic heterocycles. The van der Waals surface area contributed by atoms with Gasteiger partial charge in [-0.1, -0.05) is 12.1 Å². The Hall–Kier alpha value is -1.85. The van der Waals surface area contributed by atoms with Crippen LogP contribution in [0.15, 0.2) is 35.7 Å². The van der Waals surface area contributed by atoms with Gasteiger partial charge in [0.05, 0.1) is 0 Å². The van der Waals surface area contributed by atoms with Gasteiger partial charge in [0.1, 0.15) is 11.8 Å². The molecule has 2 atom stereocenters. The van der Waals surface area contributed by atoms with Crippen LogP contribution in [0.5, 0.6) is 5.75 Å². The summed E-state index contributed by atoms with van der Waals surface area (Å²) < 4.78 is 0. The molecule has 0 radical (unpaired) electrons. The van der Waals surface area contributed by atoms with E-state index in [4.69, 9.17) is 0 Å². The highest BCUT2D eigenvalue weighted by atomic mass is 32.1. The van der Waals surface area contributed by atoms with Crippen LogP contribution in [0.3, 0.4) is 0 Å². The van der Waals surface area contributed by atoms with Crippen LogP contribution in [0.1, 0.15) is 35.0 Å². The Balaban J connectivity index is 1.96. The highest BCUT2D eigenvalue weighted by Gasteiger charge is 2.36. The summed E-state index contributed by atoms with van der Waals surface area (Å²) in [5.41, 5.74) is 1.84. The molecule has 0 bridgehead atoms. The molecule has 1 aliphatic rings. The number of phenols is 1. The standard InChI is InChI=1S/C16H17NO3S/c1-10(11-3-2-4-12(18)9-11)17-7-5-14-13(6-8-21-14)15(17)16(19)20/h2-4,6,8-10,15,18H,5,7H2,1H3,(H,19,20). The van der Waals surface area contributed by atoms with Gasteiger partial charge in [-0.15, -0.1) is 11.3 Å². The van der Waals surface area contributed by atoms with Crippen LogP contribution < -0.4 is 0 Å². The van der Waals surface area contributed by atoms with Gasteiger partial charge in [-0.25, -0.2) is 0 Å². The van der Waals surface area contributed by atoms with Gasteiger partial charge in [0.25, 0.3) is 0 Å². The molecule has 0 saturated heterocycles. The highest BCUT2D eigenvalue weighted by Crippen LogP contribution is 2.38. The Kier molecular flexibility index (Phi) is 3.69. The minimum absolute atomic E-state index is 0.0637. The van der Waals surface area contributed by atoms with Crippen molar-refractivity contribution in [2.45, 2.75) is 25.4 Å². The molecular formula is C16H17NO3S. The van der Waals surface area contributed by atoms with Crippen LogP contribution in [0.4, 0.5) is 0 Å². The lowest BCUT2D eigenvalue weighted by molar-refractivity contribution is -0.145. The molecule has 0 amide bonds. The van der Waals surface area contributed by atoms with E-state index in [2.05, 4.69) is 0 Å². The fraction of sp³-hybridized carbons (Fsp3) is 0.312. The molecule has 0 spiro atoms. The van der Waals surface area contributed by atoms with Crippen molar-refractivity contribution in [2.75, 3.05) is 6.54 Å². The molecule has 1 aromatic heterocycles. The summed E-state index contributed by atoms with van der Waals surface area (Å²) in [6.45, 7) is 2.70. The molecule has 0 fully saturated rings. The molecule has 5 heteroatoms. The Morgan fingerprint density at radius 1 is 1.43 bits per heavy atom. The van der Waals surface area contributed by atoms with E-state index in [-0.39, 0.29) is 11.8 Å². The summed E-state index contributed by atoms with van der Waals surface area (Å²) >= 11 is 1.63. The van der Waals surface area contributed by atoms with E-state index in [1.165, 1.54) is 4.88 Å². The van der Waals surface area contributed by atoms with Crippen molar-refractivity contribution in [1.29, 1.82) is 0 Å². The van der Waals surface area contributed by atoms with E-state index in [1.807, 2.05) is 29.3 Å². The largest absolute Gasteiger partial charge is 0.508 e. The lowest BCUT2D eigenvalue weighted by Gasteiger charge is -2.37. The van der Waals surface area contributed by atoms with Crippen molar-refractivity contribution in [2.24, 2.45) is 0 Å². The van der Waals surface area contributed by atoms with Gasteiger partial charge in [-0.2, -0.15) is 0 Å². The lowest BCUT2D eigenvalue weighted by atomic mass is 9.95. The number of carboxylic acids is 1. The minimum atomic E-state index is -0.818. The summed E-state index contributed by atoms with van der Waals surface area (Å²) in [4.78, 5) is 14.9. The van der Waals surface area contributed by atoms with E-state index in [9.17, 15) is 15.0 Å². The number of hydrogen-bond donors (Lipinski definition) is 2. The fourth-order valence-corrected chi connectivity index (χ4v) is 3.91. The van der Waals surface area contributed by atoms with E-state index in [1.54, 1.807) is 29.5 Å². The molecule has 2 heterocycles. The van der Waals surface area contributed by atoms with E-state index >= 15 is 0 Å². The summed E-state index contributed by atoms with van der Waals surface area (Å²) in [5, 5.41) is 21.2. The second kappa shape index (κ2) is 5.50. The number of thiophene rings is 1. The van der Waals surface area contributed by atoms with Gasteiger partial charge in [-0.3, -0.25) is 9.69 Å². The molecule has 110 valence electrons. The van der Waals surface area contributed by atoms with Crippen molar-refractivity contribution < 1.29 is 15.0 Å². The Morgan fingerprint density at radius 2 is 2.24 bits per heavy atom. The first-order valence-corrected chi connectivity index (χ1v) is 7.79. The third kappa shape index (κ3) is 2.54. The number of aromatic hydroxyl groups is 1. The topological polar surface area (TPSA) is 60.8 Å². The number of nitrogens with zero attached hydrogens (tertiary/aromatic N) is 1. The van der Waals surface area contributed by atoms with Crippen LogP contribution in [-0.2, 0) is 11.2 Å². The van der Waals surface area contributed by atoms with Crippen LogP contribution >= 0.6 is 11.3 Å². The predicted molar refractivity (Wildman–Crippen MR) is 81.6 cm³/mol. The maximum absolute atomic E-state index is 11.7. The monoisotopic (exact) mass is 303 g/mol.